The van der Waals surface area contributed by atoms with Crippen molar-refractivity contribution in [2.75, 3.05) is 25.6 Å². The highest BCUT2D eigenvalue weighted by Crippen LogP contribution is 2.46. The van der Waals surface area contributed by atoms with Gasteiger partial charge in [0.15, 0.2) is 17.2 Å². The number of nitrogens with one attached hydrogen (secondary N) is 1. The normalized spacial score (nSPS) is 11.2. The molecule has 192 valence electrons. The summed E-state index contributed by atoms with van der Waals surface area (Å²) >= 11 is 7.51. The summed E-state index contributed by atoms with van der Waals surface area (Å²) in [5, 5.41) is 3.00. The standard InChI is InChI=1S/C24H20Br2F3NO5S/c1-3-34-18(31)12-35-20-19(26)21(36-22(20)23(32)33-2)14-6-4-5-13(9-14)11-30-15-7-8-17(25)16(10-15)24(27,28)29/h4-10,30H,3,11-12H2,1-2H3. The minimum atomic E-state index is -4.48. The Morgan fingerprint density at radius 3 is 2.53 bits per heavy atom. The third-order valence-electron chi connectivity index (χ3n) is 4.78. The van der Waals surface area contributed by atoms with Gasteiger partial charge in [-0.15, -0.1) is 11.3 Å². The fraction of sp³-hybridized carbons (Fsp3) is 0.250. The molecule has 0 amide bonds. The summed E-state index contributed by atoms with van der Waals surface area (Å²) in [4.78, 5) is 24.9. The van der Waals surface area contributed by atoms with Crippen LogP contribution >= 0.6 is 43.2 Å². The summed E-state index contributed by atoms with van der Waals surface area (Å²) in [6, 6.07) is 11.2. The van der Waals surface area contributed by atoms with E-state index in [1.807, 2.05) is 18.2 Å². The average Bonchev–Trinajstić information content (AvgIpc) is 3.17. The van der Waals surface area contributed by atoms with Crippen molar-refractivity contribution in [2.45, 2.75) is 19.6 Å². The Kier molecular flexibility index (Phi) is 9.42. The molecule has 0 aliphatic rings. The van der Waals surface area contributed by atoms with Gasteiger partial charge in [0.1, 0.15) is 0 Å². The van der Waals surface area contributed by atoms with Gasteiger partial charge < -0.3 is 19.5 Å². The summed E-state index contributed by atoms with van der Waals surface area (Å²) in [7, 11) is 1.24. The highest BCUT2D eigenvalue weighted by Gasteiger charge is 2.33. The SMILES string of the molecule is CCOC(=O)COc1c(C(=O)OC)sc(-c2cccc(CNc3ccc(Br)c(C(F)(F)F)c3)c2)c1Br. The first-order valence-electron chi connectivity index (χ1n) is 10.4. The van der Waals surface area contributed by atoms with E-state index in [0.717, 1.165) is 28.5 Å². The second-order valence-corrected chi connectivity index (χ2v) is 9.90. The maximum Gasteiger partial charge on any atom is 0.417 e. The highest BCUT2D eigenvalue weighted by atomic mass is 79.9. The zero-order chi connectivity index (χ0) is 26.5. The van der Waals surface area contributed by atoms with Gasteiger partial charge in [0, 0.05) is 16.7 Å². The number of hydrogen-bond donors (Lipinski definition) is 1. The Hall–Kier alpha value is -2.57. The van der Waals surface area contributed by atoms with Gasteiger partial charge in [-0.05, 0) is 58.2 Å². The smallest absolute Gasteiger partial charge is 0.417 e. The Morgan fingerprint density at radius 1 is 1.11 bits per heavy atom. The molecular weight excluding hydrogens is 631 g/mol. The van der Waals surface area contributed by atoms with Gasteiger partial charge in [-0.25, -0.2) is 9.59 Å². The fourth-order valence-corrected chi connectivity index (χ4v) is 5.59. The van der Waals surface area contributed by atoms with E-state index < -0.39 is 23.7 Å². The lowest BCUT2D eigenvalue weighted by molar-refractivity contribution is -0.145. The molecule has 0 saturated heterocycles. The van der Waals surface area contributed by atoms with E-state index in [1.165, 1.54) is 13.2 Å². The molecule has 36 heavy (non-hydrogen) atoms. The van der Waals surface area contributed by atoms with Crippen LogP contribution in [-0.2, 0) is 27.0 Å². The number of halogens is 5. The predicted molar refractivity (Wildman–Crippen MR) is 137 cm³/mol. The average molecular weight is 651 g/mol. The maximum absolute atomic E-state index is 13.2. The van der Waals surface area contributed by atoms with Gasteiger partial charge in [-0.3, -0.25) is 0 Å². The number of anilines is 1. The second-order valence-electron chi connectivity index (χ2n) is 7.24. The van der Waals surface area contributed by atoms with Crippen LogP contribution in [0.1, 0.15) is 27.7 Å². The predicted octanol–water partition coefficient (Wildman–Crippen LogP) is 7.30. The van der Waals surface area contributed by atoms with Gasteiger partial charge in [-0.2, -0.15) is 13.2 Å². The minimum absolute atomic E-state index is 0.0347. The van der Waals surface area contributed by atoms with Crippen LogP contribution in [-0.4, -0.2) is 32.3 Å². The molecule has 1 heterocycles. The zero-order valence-corrected chi connectivity index (χ0v) is 23.0. The number of thiophene rings is 1. The number of esters is 2. The molecule has 0 bridgehead atoms. The number of carbonyl (C=O) groups is 2. The van der Waals surface area contributed by atoms with Gasteiger partial charge in [0.2, 0.25) is 0 Å². The zero-order valence-electron chi connectivity index (χ0n) is 19.0. The number of rotatable bonds is 9. The van der Waals surface area contributed by atoms with Crippen LogP contribution in [0.15, 0.2) is 51.4 Å². The summed E-state index contributed by atoms with van der Waals surface area (Å²) in [5.74, 6) is -1.05. The first-order chi connectivity index (χ1) is 17.0. The Balaban J connectivity index is 1.85. The first-order valence-corrected chi connectivity index (χ1v) is 12.8. The van der Waals surface area contributed by atoms with Crippen molar-refractivity contribution in [3.8, 4) is 16.2 Å². The molecule has 0 radical (unpaired) electrons. The summed E-state index contributed by atoms with van der Waals surface area (Å²) in [5.41, 5.74) is 1.07. The van der Waals surface area contributed by atoms with Crippen molar-refractivity contribution in [2.24, 2.45) is 0 Å². The molecule has 0 spiro atoms. The van der Waals surface area contributed by atoms with Crippen molar-refractivity contribution in [1.82, 2.24) is 0 Å². The molecule has 0 saturated carbocycles. The van der Waals surface area contributed by atoms with E-state index in [2.05, 4.69) is 37.2 Å². The van der Waals surface area contributed by atoms with Gasteiger partial charge >= 0.3 is 18.1 Å². The van der Waals surface area contributed by atoms with Gasteiger partial charge in [0.25, 0.3) is 0 Å². The molecule has 12 heteroatoms. The van der Waals surface area contributed by atoms with E-state index in [0.29, 0.717) is 15.0 Å². The molecule has 3 rings (SSSR count). The lowest BCUT2D eigenvalue weighted by Gasteiger charge is -2.13. The lowest BCUT2D eigenvalue weighted by atomic mass is 10.1. The van der Waals surface area contributed by atoms with E-state index in [-0.39, 0.29) is 34.9 Å². The second kappa shape index (κ2) is 12.1. The van der Waals surface area contributed by atoms with Crippen molar-refractivity contribution in [3.05, 3.63) is 67.4 Å². The van der Waals surface area contributed by atoms with Crippen molar-refractivity contribution >= 4 is 60.8 Å². The van der Waals surface area contributed by atoms with Crippen LogP contribution in [0.2, 0.25) is 0 Å². The molecule has 0 aliphatic carbocycles. The van der Waals surface area contributed by atoms with E-state index in [1.54, 1.807) is 19.1 Å². The quantitative estimate of drug-likeness (QED) is 0.245. The van der Waals surface area contributed by atoms with E-state index in [9.17, 15) is 22.8 Å². The fourth-order valence-electron chi connectivity index (χ4n) is 3.15. The molecular formula is C24H20Br2F3NO5S. The van der Waals surface area contributed by atoms with Crippen molar-refractivity contribution < 1.29 is 37.0 Å². The van der Waals surface area contributed by atoms with Crippen LogP contribution in [0.3, 0.4) is 0 Å². The molecule has 6 nitrogen and oxygen atoms in total. The summed E-state index contributed by atoms with van der Waals surface area (Å²) in [6.07, 6.45) is -4.48. The summed E-state index contributed by atoms with van der Waals surface area (Å²) in [6.45, 7) is 1.74. The molecule has 1 aromatic heterocycles. The number of methoxy groups -OCH3 is 1. The van der Waals surface area contributed by atoms with Crippen LogP contribution in [0.25, 0.3) is 10.4 Å². The van der Waals surface area contributed by atoms with Crippen molar-refractivity contribution in [1.29, 1.82) is 0 Å². The first kappa shape index (κ1) is 28.0. The van der Waals surface area contributed by atoms with Crippen molar-refractivity contribution in [3.63, 3.8) is 0 Å². The van der Waals surface area contributed by atoms with E-state index in [4.69, 9.17) is 14.2 Å². The molecule has 2 aromatic carbocycles. The number of ether oxygens (including phenoxy) is 3. The number of alkyl halides is 3. The molecule has 0 fully saturated rings. The van der Waals surface area contributed by atoms with Gasteiger partial charge in [0.05, 0.1) is 28.6 Å². The molecule has 1 N–H and O–H groups in total. The number of benzene rings is 2. The van der Waals surface area contributed by atoms with Crippen LogP contribution in [0.5, 0.6) is 5.75 Å². The molecule has 3 aromatic rings. The van der Waals surface area contributed by atoms with Crippen LogP contribution < -0.4 is 10.1 Å². The van der Waals surface area contributed by atoms with Crippen LogP contribution in [0.4, 0.5) is 18.9 Å². The van der Waals surface area contributed by atoms with Gasteiger partial charge in [-0.1, -0.05) is 34.1 Å². The maximum atomic E-state index is 13.2. The summed E-state index contributed by atoms with van der Waals surface area (Å²) < 4.78 is 55.3. The monoisotopic (exact) mass is 649 g/mol. The highest BCUT2D eigenvalue weighted by molar-refractivity contribution is 9.11. The lowest BCUT2D eigenvalue weighted by Crippen LogP contribution is -2.15. The molecule has 0 unspecified atom stereocenters. The minimum Gasteiger partial charge on any atom is -0.479 e. The number of carbonyl (C=O) groups excluding carboxylic acids is 2. The number of hydrogen-bond acceptors (Lipinski definition) is 7. The van der Waals surface area contributed by atoms with Crippen LogP contribution in [0, 0.1) is 0 Å². The Morgan fingerprint density at radius 2 is 1.86 bits per heavy atom. The largest absolute Gasteiger partial charge is 0.479 e. The third-order valence-corrected chi connectivity index (χ3v) is 7.69. The molecule has 0 aliphatic heterocycles. The third kappa shape index (κ3) is 6.80. The Bertz CT molecular complexity index is 1260. The molecule has 0 atom stereocenters. The van der Waals surface area contributed by atoms with E-state index >= 15 is 0 Å². The topological polar surface area (TPSA) is 73.9 Å². The Labute approximate surface area is 226 Å².